The molecule has 2 heterocycles. The lowest BCUT2D eigenvalue weighted by Gasteiger charge is -2.03. The number of aliphatic hydroxyl groups is 1. The minimum absolute atomic E-state index is 0.468. The van der Waals surface area contributed by atoms with Crippen LogP contribution in [-0.4, -0.2) is 19.9 Å². The van der Waals surface area contributed by atoms with Gasteiger partial charge >= 0.3 is 0 Å². The van der Waals surface area contributed by atoms with Gasteiger partial charge in [-0.1, -0.05) is 18.3 Å². The molecule has 6 heteroatoms. The zero-order chi connectivity index (χ0) is 11.5. The number of rotatable bonds is 4. The fourth-order valence-corrected chi connectivity index (χ4v) is 2.16. The van der Waals surface area contributed by atoms with E-state index in [1.165, 1.54) is 11.3 Å². The van der Waals surface area contributed by atoms with E-state index in [0.717, 1.165) is 23.4 Å². The first-order valence-corrected chi connectivity index (χ1v) is 5.94. The number of aliphatic hydroxyl groups excluding tert-OH is 1. The summed E-state index contributed by atoms with van der Waals surface area (Å²) in [7, 11) is 0. The van der Waals surface area contributed by atoms with E-state index >= 15 is 0 Å². The fourth-order valence-electron chi connectivity index (χ4n) is 1.46. The normalized spacial score (nSPS) is 12.9. The lowest BCUT2D eigenvalue weighted by Crippen LogP contribution is -1.97. The Morgan fingerprint density at radius 1 is 1.56 bits per heavy atom. The second-order valence-electron chi connectivity index (χ2n) is 3.54. The lowest BCUT2D eigenvalue weighted by atomic mass is 10.2. The molecule has 1 unspecified atom stereocenters. The summed E-state index contributed by atoms with van der Waals surface area (Å²) in [6.45, 7) is 2.94. The number of nitrogens with zero attached hydrogens (tertiary/aromatic N) is 3. The van der Waals surface area contributed by atoms with E-state index in [-0.39, 0.29) is 0 Å². The van der Waals surface area contributed by atoms with Crippen LogP contribution in [0.1, 0.15) is 29.9 Å². The van der Waals surface area contributed by atoms with Crippen LogP contribution in [0.15, 0.2) is 18.6 Å². The zero-order valence-corrected chi connectivity index (χ0v) is 9.81. The molecule has 0 amide bonds. The Hall–Kier alpha value is -1.40. The number of thiazole rings is 1. The SMILES string of the molecule is CCCn1cc(C(O)c2cnc(N)s2)cn1. The summed E-state index contributed by atoms with van der Waals surface area (Å²) >= 11 is 1.29. The predicted molar refractivity (Wildman–Crippen MR) is 63.1 cm³/mol. The molecule has 2 aromatic heterocycles. The Balaban J connectivity index is 2.17. The molecule has 5 nitrogen and oxygen atoms in total. The standard InChI is InChI=1S/C10H14N4OS/c1-2-3-14-6-7(4-13-14)9(15)8-5-12-10(11)16-8/h4-6,9,15H,2-3H2,1H3,(H2,11,12). The van der Waals surface area contributed by atoms with Gasteiger partial charge in [0.2, 0.25) is 0 Å². The van der Waals surface area contributed by atoms with Crippen molar-refractivity contribution in [3.05, 3.63) is 29.0 Å². The quantitative estimate of drug-likeness (QED) is 0.844. The van der Waals surface area contributed by atoms with E-state index in [0.29, 0.717) is 5.13 Å². The molecule has 16 heavy (non-hydrogen) atoms. The second kappa shape index (κ2) is 4.63. The van der Waals surface area contributed by atoms with Crippen LogP contribution in [0.4, 0.5) is 5.13 Å². The minimum Gasteiger partial charge on any atom is -0.383 e. The van der Waals surface area contributed by atoms with Gasteiger partial charge in [0.1, 0.15) is 6.10 Å². The van der Waals surface area contributed by atoms with Crippen molar-refractivity contribution in [1.82, 2.24) is 14.8 Å². The molecule has 0 fully saturated rings. The molecule has 0 aromatic carbocycles. The van der Waals surface area contributed by atoms with Crippen LogP contribution < -0.4 is 5.73 Å². The van der Waals surface area contributed by atoms with Gasteiger partial charge in [0, 0.05) is 24.5 Å². The molecule has 0 bridgehead atoms. The molecule has 2 aromatic rings. The van der Waals surface area contributed by atoms with Crippen molar-refractivity contribution >= 4 is 16.5 Å². The van der Waals surface area contributed by atoms with E-state index < -0.39 is 6.10 Å². The van der Waals surface area contributed by atoms with Crippen molar-refractivity contribution in [2.45, 2.75) is 26.0 Å². The zero-order valence-electron chi connectivity index (χ0n) is 9.00. The first kappa shape index (κ1) is 11.1. The summed E-state index contributed by atoms with van der Waals surface area (Å²) in [6.07, 6.45) is 5.47. The smallest absolute Gasteiger partial charge is 0.180 e. The average molecular weight is 238 g/mol. The Labute approximate surface area is 97.5 Å². The fraction of sp³-hybridized carbons (Fsp3) is 0.400. The van der Waals surface area contributed by atoms with Gasteiger partial charge in [0.05, 0.1) is 11.1 Å². The maximum Gasteiger partial charge on any atom is 0.180 e. The molecule has 0 aliphatic carbocycles. The van der Waals surface area contributed by atoms with Crippen LogP contribution in [0.25, 0.3) is 0 Å². The summed E-state index contributed by atoms with van der Waals surface area (Å²) in [5.41, 5.74) is 6.30. The summed E-state index contributed by atoms with van der Waals surface area (Å²) in [5.74, 6) is 0. The highest BCUT2D eigenvalue weighted by atomic mass is 32.1. The Kier molecular flexibility index (Phi) is 3.21. The first-order valence-electron chi connectivity index (χ1n) is 5.12. The van der Waals surface area contributed by atoms with Crippen molar-refractivity contribution in [2.75, 3.05) is 5.73 Å². The number of nitrogens with two attached hydrogens (primary N) is 1. The maximum atomic E-state index is 10.0. The van der Waals surface area contributed by atoms with Crippen LogP contribution in [0.3, 0.4) is 0 Å². The van der Waals surface area contributed by atoms with Gasteiger partial charge < -0.3 is 10.8 Å². The van der Waals surface area contributed by atoms with Gasteiger partial charge in [0.25, 0.3) is 0 Å². The molecule has 1 atom stereocenters. The van der Waals surface area contributed by atoms with Crippen LogP contribution in [0, 0.1) is 0 Å². The molecule has 0 radical (unpaired) electrons. The Morgan fingerprint density at radius 3 is 3.00 bits per heavy atom. The van der Waals surface area contributed by atoms with Gasteiger partial charge in [-0.2, -0.15) is 5.10 Å². The number of aromatic nitrogens is 3. The Bertz CT molecular complexity index is 465. The summed E-state index contributed by atoms with van der Waals surface area (Å²) < 4.78 is 1.82. The van der Waals surface area contributed by atoms with E-state index in [4.69, 9.17) is 5.73 Å². The predicted octanol–water partition coefficient (Wildman–Crippen LogP) is 1.41. The van der Waals surface area contributed by atoms with Crippen molar-refractivity contribution in [2.24, 2.45) is 0 Å². The summed E-state index contributed by atoms with van der Waals surface area (Å²) in [4.78, 5) is 4.66. The molecule has 0 spiro atoms. The largest absolute Gasteiger partial charge is 0.383 e. The van der Waals surface area contributed by atoms with Gasteiger partial charge in [-0.15, -0.1) is 0 Å². The highest BCUT2D eigenvalue weighted by Crippen LogP contribution is 2.27. The van der Waals surface area contributed by atoms with Crippen molar-refractivity contribution < 1.29 is 5.11 Å². The van der Waals surface area contributed by atoms with Crippen LogP contribution >= 0.6 is 11.3 Å². The molecular formula is C10H14N4OS. The average Bonchev–Trinajstić information content (AvgIpc) is 2.87. The molecule has 3 N–H and O–H groups in total. The molecule has 0 saturated heterocycles. The third-order valence-electron chi connectivity index (χ3n) is 2.23. The van der Waals surface area contributed by atoms with Crippen molar-refractivity contribution in [3.8, 4) is 0 Å². The first-order chi connectivity index (χ1) is 7.70. The van der Waals surface area contributed by atoms with E-state index in [9.17, 15) is 5.11 Å². The van der Waals surface area contributed by atoms with E-state index in [1.54, 1.807) is 12.4 Å². The highest BCUT2D eigenvalue weighted by molar-refractivity contribution is 7.15. The summed E-state index contributed by atoms with van der Waals surface area (Å²) in [6, 6.07) is 0. The number of anilines is 1. The number of aryl methyl sites for hydroxylation is 1. The molecule has 0 aliphatic heterocycles. The van der Waals surface area contributed by atoms with Crippen LogP contribution in [0.5, 0.6) is 0 Å². The molecule has 2 rings (SSSR count). The van der Waals surface area contributed by atoms with E-state index in [1.807, 2.05) is 10.9 Å². The minimum atomic E-state index is -0.680. The van der Waals surface area contributed by atoms with Gasteiger partial charge in [-0.05, 0) is 6.42 Å². The number of hydrogen-bond acceptors (Lipinski definition) is 5. The number of nitrogen functional groups attached to an aromatic ring is 1. The highest BCUT2D eigenvalue weighted by Gasteiger charge is 2.15. The van der Waals surface area contributed by atoms with Crippen LogP contribution in [-0.2, 0) is 6.54 Å². The molecule has 86 valence electrons. The van der Waals surface area contributed by atoms with Crippen LogP contribution in [0.2, 0.25) is 0 Å². The van der Waals surface area contributed by atoms with Gasteiger partial charge in [-0.25, -0.2) is 4.98 Å². The Morgan fingerprint density at radius 2 is 2.38 bits per heavy atom. The topological polar surface area (TPSA) is 77.0 Å². The van der Waals surface area contributed by atoms with Gasteiger partial charge in [0.15, 0.2) is 5.13 Å². The maximum absolute atomic E-state index is 10.0. The molecule has 0 aliphatic rings. The van der Waals surface area contributed by atoms with Gasteiger partial charge in [-0.3, -0.25) is 4.68 Å². The van der Waals surface area contributed by atoms with Crippen molar-refractivity contribution in [1.29, 1.82) is 0 Å². The van der Waals surface area contributed by atoms with E-state index in [2.05, 4.69) is 17.0 Å². The summed E-state index contributed by atoms with van der Waals surface area (Å²) in [5, 5.41) is 14.7. The molecular weight excluding hydrogens is 224 g/mol. The third-order valence-corrected chi connectivity index (χ3v) is 3.11. The lowest BCUT2D eigenvalue weighted by molar-refractivity contribution is 0.224. The second-order valence-corrected chi connectivity index (χ2v) is 4.63. The molecule has 0 saturated carbocycles. The van der Waals surface area contributed by atoms with Crippen molar-refractivity contribution in [3.63, 3.8) is 0 Å². The third kappa shape index (κ3) is 2.23. The number of hydrogen-bond donors (Lipinski definition) is 2. The monoisotopic (exact) mass is 238 g/mol.